The first kappa shape index (κ1) is 13.3. The highest BCUT2D eigenvalue weighted by Crippen LogP contribution is 2.30. The second-order valence-corrected chi connectivity index (χ2v) is 6.20. The molecule has 4 nitrogen and oxygen atoms in total. The van der Waals surface area contributed by atoms with Crippen molar-refractivity contribution in [3.05, 3.63) is 23.0 Å². The number of nitrogens with zero attached hydrogens (tertiary/aromatic N) is 3. The van der Waals surface area contributed by atoms with E-state index >= 15 is 0 Å². The smallest absolute Gasteiger partial charge is 0.159 e. The van der Waals surface area contributed by atoms with Crippen LogP contribution in [0.25, 0.3) is 10.1 Å². The highest BCUT2D eigenvalue weighted by atomic mass is 32.1. The molecule has 3 heterocycles. The molecule has 2 aromatic heterocycles. The molecule has 0 unspecified atom stereocenters. The van der Waals surface area contributed by atoms with E-state index in [0.29, 0.717) is 21.9 Å². The molecule has 6 heteroatoms. The van der Waals surface area contributed by atoms with Crippen LogP contribution in [0.2, 0.25) is 0 Å². The zero-order chi connectivity index (χ0) is 14.1. The highest BCUT2D eigenvalue weighted by molar-refractivity contribution is 7.19. The van der Waals surface area contributed by atoms with E-state index in [9.17, 15) is 4.39 Å². The molecule has 2 aromatic rings. The molecule has 0 spiro atoms. The maximum absolute atomic E-state index is 14.0. The minimum absolute atomic E-state index is 0.123. The van der Waals surface area contributed by atoms with Crippen LogP contribution in [0, 0.1) is 17.1 Å². The van der Waals surface area contributed by atoms with Crippen molar-refractivity contribution in [1.29, 1.82) is 5.26 Å². The summed E-state index contributed by atoms with van der Waals surface area (Å²) in [5, 5.41) is 12.7. The van der Waals surface area contributed by atoms with Crippen LogP contribution in [0.3, 0.4) is 0 Å². The predicted octanol–water partition coefficient (Wildman–Crippen LogP) is 2.81. The quantitative estimate of drug-likeness (QED) is 0.924. The Morgan fingerprint density at radius 2 is 2.25 bits per heavy atom. The summed E-state index contributed by atoms with van der Waals surface area (Å²) in [7, 11) is 2.12. The lowest BCUT2D eigenvalue weighted by molar-refractivity contribution is 0.263. The van der Waals surface area contributed by atoms with E-state index in [0.717, 1.165) is 37.3 Å². The number of piperidine rings is 1. The molecule has 1 aliphatic rings. The average Bonchev–Trinajstić information content (AvgIpc) is 2.78. The van der Waals surface area contributed by atoms with Crippen molar-refractivity contribution in [2.24, 2.45) is 0 Å². The Morgan fingerprint density at radius 3 is 2.95 bits per heavy atom. The number of anilines is 1. The summed E-state index contributed by atoms with van der Waals surface area (Å²) in [4.78, 5) is 6.74. The molecule has 104 valence electrons. The summed E-state index contributed by atoms with van der Waals surface area (Å²) in [6, 6.07) is 3.97. The van der Waals surface area contributed by atoms with Crippen LogP contribution in [0.1, 0.15) is 17.7 Å². The predicted molar refractivity (Wildman–Crippen MR) is 78.4 cm³/mol. The van der Waals surface area contributed by atoms with Gasteiger partial charge in [0, 0.05) is 17.6 Å². The molecule has 0 bridgehead atoms. The maximum Gasteiger partial charge on any atom is 0.159 e. The lowest BCUT2D eigenvalue weighted by Gasteiger charge is -2.29. The van der Waals surface area contributed by atoms with E-state index in [2.05, 4.69) is 22.2 Å². The van der Waals surface area contributed by atoms with Gasteiger partial charge in [-0.15, -0.1) is 11.3 Å². The Morgan fingerprint density at radius 1 is 1.50 bits per heavy atom. The van der Waals surface area contributed by atoms with Crippen LogP contribution in [-0.2, 0) is 0 Å². The first-order valence-corrected chi connectivity index (χ1v) is 7.42. The minimum Gasteiger partial charge on any atom is -0.367 e. The Balaban J connectivity index is 1.82. The van der Waals surface area contributed by atoms with Gasteiger partial charge in [0.05, 0.1) is 4.70 Å². The van der Waals surface area contributed by atoms with Crippen molar-refractivity contribution in [3.8, 4) is 6.07 Å². The van der Waals surface area contributed by atoms with Gasteiger partial charge in [-0.25, -0.2) is 9.37 Å². The number of halogens is 1. The van der Waals surface area contributed by atoms with Gasteiger partial charge in [0.25, 0.3) is 0 Å². The molecule has 1 N–H and O–H groups in total. The number of hydrogen-bond acceptors (Lipinski definition) is 5. The monoisotopic (exact) mass is 290 g/mol. The SMILES string of the molecule is CN1CCC(Nc2cc3c(F)c(C#N)sc3cn2)CC1. The molecule has 0 aliphatic carbocycles. The highest BCUT2D eigenvalue weighted by Gasteiger charge is 2.18. The molecule has 3 rings (SSSR count). The molecule has 1 saturated heterocycles. The van der Waals surface area contributed by atoms with E-state index in [1.807, 2.05) is 6.07 Å². The zero-order valence-corrected chi connectivity index (χ0v) is 12.0. The summed E-state index contributed by atoms with van der Waals surface area (Å²) >= 11 is 1.15. The van der Waals surface area contributed by atoms with Crippen LogP contribution in [0.4, 0.5) is 10.2 Å². The molecule has 0 atom stereocenters. The summed E-state index contributed by atoms with van der Waals surface area (Å²) in [6.45, 7) is 2.12. The molecule has 20 heavy (non-hydrogen) atoms. The van der Waals surface area contributed by atoms with E-state index in [1.54, 1.807) is 12.3 Å². The van der Waals surface area contributed by atoms with Gasteiger partial charge in [0.2, 0.25) is 0 Å². The minimum atomic E-state index is -0.429. The van der Waals surface area contributed by atoms with Gasteiger partial charge in [-0.3, -0.25) is 0 Å². The van der Waals surface area contributed by atoms with Crippen LogP contribution in [0.15, 0.2) is 12.3 Å². The third kappa shape index (κ3) is 2.47. The van der Waals surface area contributed by atoms with Crippen molar-refractivity contribution >= 4 is 27.2 Å². The molecular formula is C14H15FN4S. The molecule has 0 amide bonds. The fourth-order valence-corrected chi connectivity index (χ4v) is 3.31. The van der Waals surface area contributed by atoms with Gasteiger partial charge in [-0.1, -0.05) is 0 Å². The van der Waals surface area contributed by atoms with Gasteiger partial charge < -0.3 is 10.2 Å². The first-order valence-electron chi connectivity index (χ1n) is 6.60. The average molecular weight is 290 g/mol. The second-order valence-electron chi connectivity index (χ2n) is 5.14. The Kier molecular flexibility index (Phi) is 3.55. The summed E-state index contributed by atoms with van der Waals surface area (Å²) in [5.41, 5.74) is 0. The van der Waals surface area contributed by atoms with Crippen molar-refractivity contribution in [2.45, 2.75) is 18.9 Å². The Labute approximate surface area is 120 Å². The number of hydrogen-bond donors (Lipinski definition) is 1. The number of aromatic nitrogens is 1. The van der Waals surface area contributed by atoms with Crippen molar-refractivity contribution in [2.75, 3.05) is 25.5 Å². The fourth-order valence-electron chi connectivity index (χ4n) is 2.49. The third-order valence-corrected chi connectivity index (χ3v) is 4.71. The molecular weight excluding hydrogens is 275 g/mol. The molecule has 0 radical (unpaired) electrons. The normalized spacial score (nSPS) is 17.2. The van der Waals surface area contributed by atoms with Gasteiger partial charge in [0.1, 0.15) is 16.8 Å². The fraction of sp³-hybridized carbons (Fsp3) is 0.429. The number of nitrogens with one attached hydrogen (secondary N) is 1. The van der Waals surface area contributed by atoms with Gasteiger partial charge in [0.15, 0.2) is 5.82 Å². The number of fused-ring (bicyclic) bond motifs is 1. The van der Waals surface area contributed by atoms with Crippen LogP contribution in [-0.4, -0.2) is 36.1 Å². The Hall–Kier alpha value is -1.71. The van der Waals surface area contributed by atoms with Gasteiger partial charge >= 0.3 is 0 Å². The van der Waals surface area contributed by atoms with Crippen molar-refractivity contribution in [3.63, 3.8) is 0 Å². The topological polar surface area (TPSA) is 52.0 Å². The number of thiophene rings is 1. The van der Waals surface area contributed by atoms with Crippen LogP contribution < -0.4 is 5.32 Å². The summed E-state index contributed by atoms with van der Waals surface area (Å²) in [5.74, 6) is 0.259. The molecule has 0 saturated carbocycles. The number of likely N-dealkylation sites (tertiary alicyclic amines) is 1. The zero-order valence-electron chi connectivity index (χ0n) is 11.2. The first-order chi connectivity index (χ1) is 9.67. The van der Waals surface area contributed by atoms with E-state index < -0.39 is 5.82 Å². The number of nitriles is 1. The standard InChI is InChI=1S/C14H15FN4S/c1-19-4-2-9(3-5-19)18-13-6-10-12(8-17-13)20-11(7-16)14(10)15/h6,8-9H,2-5H2,1H3,(H,17,18). The van der Waals surface area contributed by atoms with E-state index in [4.69, 9.17) is 5.26 Å². The van der Waals surface area contributed by atoms with Crippen LogP contribution in [0.5, 0.6) is 0 Å². The molecule has 0 aromatic carbocycles. The third-order valence-electron chi connectivity index (χ3n) is 3.69. The van der Waals surface area contributed by atoms with E-state index in [-0.39, 0.29) is 4.88 Å². The van der Waals surface area contributed by atoms with Gasteiger partial charge in [-0.05, 0) is 39.0 Å². The van der Waals surface area contributed by atoms with Crippen LogP contribution >= 0.6 is 11.3 Å². The van der Waals surface area contributed by atoms with Crippen molar-refractivity contribution in [1.82, 2.24) is 9.88 Å². The molecule has 1 aliphatic heterocycles. The van der Waals surface area contributed by atoms with Gasteiger partial charge in [-0.2, -0.15) is 5.26 Å². The number of pyridine rings is 1. The van der Waals surface area contributed by atoms with Crippen molar-refractivity contribution < 1.29 is 4.39 Å². The Bertz CT molecular complexity index is 668. The second kappa shape index (κ2) is 5.35. The molecule has 1 fully saturated rings. The lowest BCUT2D eigenvalue weighted by atomic mass is 10.1. The maximum atomic E-state index is 14.0. The summed E-state index contributed by atoms with van der Waals surface area (Å²) in [6.07, 6.45) is 3.76. The van der Waals surface area contributed by atoms with E-state index in [1.165, 1.54) is 0 Å². The largest absolute Gasteiger partial charge is 0.367 e. The lowest BCUT2D eigenvalue weighted by Crippen LogP contribution is -2.36. The number of rotatable bonds is 2. The summed E-state index contributed by atoms with van der Waals surface area (Å²) < 4.78 is 14.7.